The second kappa shape index (κ2) is 9.58. The van der Waals surface area contributed by atoms with Crippen LogP contribution in [0.2, 0.25) is 0 Å². The second-order valence-electron chi connectivity index (χ2n) is 6.20. The van der Waals surface area contributed by atoms with Crippen LogP contribution in [-0.4, -0.2) is 23.6 Å². The van der Waals surface area contributed by atoms with Crippen molar-refractivity contribution < 1.29 is 4.79 Å². The number of anilines is 1. The van der Waals surface area contributed by atoms with E-state index in [4.69, 9.17) is 0 Å². The number of aldehydes is 1. The maximum absolute atomic E-state index is 10.8. The predicted octanol–water partition coefficient (Wildman–Crippen LogP) is 5.60. The van der Waals surface area contributed by atoms with Gasteiger partial charge in [-0.25, -0.2) is 4.98 Å². The van der Waals surface area contributed by atoms with Crippen LogP contribution in [0, 0.1) is 13.8 Å². The highest BCUT2D eigenvalue weighted by Crippen LogP contribution is 2.34. The molecule has 0 spiro atoms. The van der Waals surface area contributed by atoms with Crippen LogP contribution in [0.5, 0.6) is 0 Å². The van der Waals surface area contributed by atoms with E-state index < -0.39 is 0 Å². The fourth-order valence-corrected chi connectivity index (χ4v) is 4.07. The summed E-state index contributed by atoms with van der Waals surface area (Å²) in [4.78, 5) is 17.6. The molecule has 3 nitrogen and oxygen atoms in total. The van der Waals surface area contributed by atoms with Gasteiger partial charge in [0.05, 0.1) is 5.03 Å². The van der Waals surface area contributed by atoms with Gasteiger partial charge in [0.1, 0.15) is 0 Å². The number of pyridine rings is 1. The molecule has 0 saturated carbocycles. The van der Waals surface area contributed by atoms with Gasteiger partial charge in [-0.1, -0.05) is 50.4 Å². The smallest absolute Gasteiger partial charge is 0.151 e. The van der Waals surface area contributed by atoms with Crippen LogP contribution in [0.15, 0.2) is 47.8 Å². The molecule has 0 atom stereocenters. The van der Waals surface area contributed by atoms with E-state index in [0.29, 0.717) is 5.56 Å². The van der Waals surface area contributed by atoms with Crippen molar-refractivity contribution in [2.45, 2.75) is 45.6 Å². The Morgan fingerprint density at radius 1 is 1.31 bits per heavy atom. The monoisotopic (exact) mass is 368 g/mol. The topological polar surface area (TPSA) is 33.2 Å². The third-order valence-electron chi connectivity index (χ3n) is 4.36. The lowest BCUT2D eigenvalue weighted by Crippen LogP contribution is -2.30. The summed E-state index contributed by atoms with van der Waals surface area (Å²) in [5.41, 5.74) is 6.81. The summed E-state index contributed by atoms with van der Waals surface area (Å²) < 4.78 is 0. The summed E-state index contributed by atoms with van der Waals surface area (Å²) in [5, 5.41) is 0.962. The number of aromatic nitrogens is 1. The average molecular weight is 369 g/mol. The molecule has 2 heterocycles. The van der Waals surface area contributed by atoms with Gasteiger partial charge in [0.25, 0.3) is 0 Å². The fraction of sp³-hybridized carbons (Fsp3) is 0.364. The molecule has 0 aliphatic carbocycles. The third-order valence-corrected chi connectivity index (χ3v) is 5.54. The lowest BCUT2D eigenvalue weighted by molar-refractivity contribution is 0.112. The summed E-state index contributed by atoms with van der Waals surface area (Å²) in [6, 6.07) is 8.41. The number of para-hydroxylation sites is 1. The number of carbonyl (C=O) groups excluding carboxylic acids is 1. The Morgan fingerprint density at radius 3 is 2.77 bits per heavy atom. The van der Waals surface area contributed by atoms with Crippen LogP contribution < -0.4 is 4.90 Å². The first-order valence-electron chi connectivity index (χ1n) is 9.18. The van der Waals surface area contributed by atoms with Crippen molar-refractivity contribution in [2.24, 2.45) is 0 Å². The van der Waals surface area contributed by atoms with Crippen molar-refractivity contribution in [3.63, 3.8) is 0 Å². The van der Waals surface area contributed by atoms with Gasteiger partial charge in [-0.15, -0.1) is 0 Å². The van der Waals surface area contributed by atoms with Gasteiger partial charge in [0, 0.05) is 35.4 Å². The Hall–Kier alpha value is -2.07. The molecule has 138 valence electrons. The van der Waals surface area contributed by atoms with Crippen molar-refractivity contribution >= 4 is 23.7 Å². The van der Waals surface area contributed by atoms with Crippen molar-refractivity contribution in [3.8, 4) is 0 Å². The Kier molecular flexibility index (Phi) is 7.46. The average Bonchev–Trinajstić information content (AvgIpc) is 2.68. The van der Waals surface area contributed by atoms with E-state index in [9.17, 15) is 4.79 Å². The van der Waals surface area contributed by atoms with E-state index in [2.05, 4.69) is 41.6 Å². The number of benzene rings is 1. The first kappa shape index (κ1) is 20.2. The molecular weight excluding hydrogens is 340 g/mol. The van der Waals surface area contributed by atoms with E-state index in [1.54, 1.807) is 18.0 Å². The Bertz CT molecular complexity index is 786. The summed E-state index contributed by atoms with van der Waals surface area (Å²) in [7, 11) is 0. The van der Waals surface area contributed by atoms with Gasteiger partial charge < -0.3 is 4.90 Å². The van der Waals surface area contributed by atoms with Gasteiger partial charge in [-0.3, -0.25) is 4.79 Å². The third kappa shape index (κ3) is 4.55. The molecule has 0 fully saturated rings. The molecule has 0 unspecified atom stereocenters. The number of fused-ring (bicyclic) bond motifs is 1. The van der Waals surface area contributed by atoms with Gasteiger partial charge in [0.15, 0.2) is 6.29 Å². The highest BCUT2D eigenvalue weighted by Gasteiger charge is 2.20. The van der Waals surface area contributed by atoms with Gasteiger partial charge in [-0.05, 0) is 49.4 Å². The number of rotatable bonds is 5. The summed E-state index contributed by atoms with van der Waals surface area (Å²) >= 11 is 1.68. The van der Waals surface area contributed by atoms with Gasteiger partial charge in [-0.2, -0.15) is 0 Å². The molecular formula is C22H28N2OS. The SMILES string of the molecule is C=C(CSc1ncc(C=O)cc1C)N1CCCc2cccc(C)c21.CC. The highest BCUT2D eigenvalue weighted by atomic mass is 32.2. The van der Waals surface area contributed by atoms with Crippen LogP contribution in [-0.2, 0) is 6.42 Å². The number of carbonyl (C=O) groups is 1. The zero-order valence-corrected chi connectivity index (χ0v) is 17.0. The number of aryl methyl sites for hydroxylation is 3. The second-order valence-corrected chi connectivity index (χ2v) is 7.17. The molecule has 0 saturated heterocycles. The number of thioether (sulfide) groups is 1. The number of hydrogen-bond donors (Lipinski definition) is 0. The molecule has 0 radical (unpaired) electrons. The lowest BCUT2D eigenvalue weighted by atomic mass is 9.98. The number of hydrogen-bond acceptors (Lipinski definition) is 4. The molecule has 3 rings (SSSR count). The fourth-order valence-electron chi connectivity index (χ4n) is 3.19. The molecule has 0 bridgehead atoms. The molecule has 1 aliphatic heterocycles. The Balaban J connectivity index is 0.00000117. The highest BCUT2D eigenvalue weighted by molar-refractivity contribution is 7.99. The van der Waals surface area contributed by atoms with E-state index in [-0.39, 0.29) is 0 Å². The van der Waals surface area contributed by atoms with Crippen molar-refractivity contribution in [2.75, 3.05) is 17.2 Å². The molecule has 1 aromatic heterocycles. The molecule has 2 aromatic rings. The van der Waals surface area contributed by atoms with E-state index in [1.165, 1.54) is 16.8 Å². The summed E-state index contributed by atoms with van der Waals surface area (Å²) in [6.45, 7) is 13.5. The molecule has 1 aliphatic rings. The zero-order chi connectivity index (χ0) is 19.1. The normalized spacial score (nSPS) is 12.7. The van der Waals surface area contributed by atoms with Gasteiger partial charge >= 0.3 is 0 Å². The first-order valence-corrected chi connectivity index (χ1v) is 10.2. The summed E-state index contributed by atoms with van der Waals surface area (Å²) in [6.07, 6.45) is 4.76. The maximum atomic E-state index is 10.8. The van der Waals surface area contributed by atoms with Gasteiger partial charge in [0.2, 0.25) is 0 Å². The number of nitrogens with zero attached hydrogens (tertiary/aromatic N) is 2. The van der Waals surface area contributed by atoms with Crippen LogP contribution >= 0.6 is 11.8 Å². The zero-order valence-electron chi connectivity index (χ0n) is 16.2. The van der Waals surface area contributed by atoms with Crippen molar-refractivity contribution in [1.29, 1.82) is 0 Å². The van der Waals surface area contributed by atoms with E-state index in [0.717, 1.165) is 47.7 Å². The van der Waals surface area contributed by atoms with E-state index >= 15 is 0 Å². The standard InChI is InChI=1S/C20H22N2OS.C2H6/c1-14-6-4-7-18-8-5-9-22(19(14)18)16(3)13-24-20-15(2)10-17(12-23)11-21-20;1-2/h4,6-7,10-12H,3,5,8-9,13H2,1-2H3;1-2H3. The molecule has 0 amide bonds. The lowest BCUT2D eigenvalue weighted by Gasteiger charge is -2.34. The largest absolute Gasteiger partial charge is 0.344 e. The van der Waals surface area contributed by atoms with Crippen LogP contribution in [0.25, 0.3) is 0 Å². The molecule has 4 heteroatoms. The van der Waals surface area contributed by atoms with Crippen molar-refractivity contribution in [3.05, 3.63) is 65.0 Å². The molecule has 1 aromatic carbocycles. The van der Waals surface area contributed by atoms with Crippen LogP contribution in [0.3, 0.4) is 0 Å². The minimum atomic E-state index is 0.622. The minimum Gasteiger partial charge on any atom is -0.344 e. The summed E-state index contributed by atoms with van der Waals surface area (Å²) in [5.74, 6) is 0.794. The first-order chi connectivity index (χ1) is 12.6. The van der Waals surface area contributed by atoms with Crippen molar-refractivity contribution in [1.82, 2.24) is 4.98 Å². The maximum Gasteiger partial charge on any atom is 0.151 e. The quantitative estimate of drug-likeness (QED) is 0.508. The van der Waals surface area contributed by atoms with Crippen LogP contribution in [0.1, 0.15) is 47.3 Å². The minimum absolute atomic E-state index is 0.622. The predicted molar refractivity (Wildman–Crippen MR) is 112 cm³/mol. The molecule has 0 N–H and O–H groups in total. The van der Waals surface area contributed by atoms with Crippen LogP contribution in [0.4, 0.5) is 5.69 Å². The Labute approximate surface area is 161 Å². The Morgan fingerprint density at radius 2 is 2.08 bits per heavy atom. The molecule has 26 heavy (non-hydrogen) atoms. The van der Waals surface area contributed by atoms with E-state index in [1.807, 2.05) is 26.8 Å².